The number of hydrogen-bond donors (Lipinski definition) is 0. The standard InChI is InChI=1S/C25H38O8/c1-10-16-11-17(15(4)31-16)29-13-19-20-18(12-30-21(26)23(5,6)7)32-22(27)24(20,8)25(28-9,33-19)14(2)3/h11,14,18-20H,10,12-13H2,1-9H3/t18-,19+,20+,24-,25-/m1/s1. The van der Waals surface area contributed by atoms with E-state index >= 15 is 0 Å². The van der Waals surface area contributed by atoms with E-state index in [1.807, 2.05) is 40.7 Å². The van der Waals surface area contributed by atoms with Gasteiger partial charge in [-0.25, -0.2) is 0 Å². The van der Waals surface area contributed by atoms with Crippen LogP contribution in [0.15, 0.2) is 10.5 Å². The number of carbonyl (C=O) groups is 2. The monoisotopic (exact) mass is 466 g/mol. The molecule has 8 nitrogen and oxygen atoms in total. The number of methoxy groups -OCH3 is 1. The molecule has 0 spiro atoms. The quantitative estimate of drug-likeness (QED) is 0.530. The fraction of sp³-hybridized carbons (Fsp3) is 0.760. The normalized spacial score (nSPS) is 31.6. The van der Waals surface area contributed by atoms with Crippen LogP contribution >= 0.6 is 0 Å². The van der Waals surface area contributed by atoms with Crippen molar-refractivity contribution < 1.29 is 37.7 Å². The van der Waals surface area contributed by atoms with E-state index in [4.69, 9.17) is 28.1 Å². The maximum atomic E-state index is 13.2. The minimum atomic E-state index is -1.20. The third-order valence-electron chi connectivity index (χ3n) is 6.93. The predicted molar refractivity (Wildman–Crippen MR) is 120 cm³/mol. The summed E-state index contributed by atoms with van der Waals surface area (Å²) in [7, 11) is 1.54. The van der Waals surface area contributed by atoms with Gasteiger partial charge >= 0.3 is 11.9 Å². The minimum absolute atomic E-state index is 0.0510. The van der Waals surface area contributed by atoms with E-state index in [2.05, 4.69) is 0 Å². The summed E-state index contributed by atoms with van der Waals surface area (Å²) >= 11 is 0. The van der Waals surface area contributed by atoms with Gasteiger partial charge in [-0.15, -0.1) is 0 Å². The third-order valence-corrected chi connectivity index (χ3v) is 6.93. The maximum absolute atomic E-state index is 13.2. The van der Waals surface area contributed by atoms with Crippen LogP contribution in [0.2, 0.25) is 0 Å². The van der Waals surface area contributed by atoms with Crippen molar-refractivity contribution in [3.05, 3.63) is 17.6 Å². The molecule has 2 saturated heterocycles. The first-order valence-corrected chi connectivity index (χ1v) is 11.6. The van der Waals surface area contributed by atoms with Crippen LogP contribution in [-0.4, -0.2) is 50.3 Å². The molecular formula is C25H38O8. The topological polar surface area (TPSA) is 93.4 Å². The average Bonchev–Trinajstić information content (AvgIpc) is 3.32. The lowest BCUT2D eigenvalue weighted by Gasteiger charge is -2.40. The van der Waals surface area contributed by atoms with Gasteiger partial charge in [-0.05, 0) is 34.6 Å². The van der Waals surface area contributed by atoms with Gasteiger partial charge < -0.3 is 28.1 Å². The smallest absolute Gasteiger partial charge is 0.318 e. The van der Waals surface area contributed by atoms with E-state index in [9.17, 15) is 9.59 Å². The van der Waals surface area contributed by atoms with Gasteiger partial charge in [0, 0.05) is 25.5 Å². The van der Waals surface area contributed by atoms with E-state index in [1.165, 1.54) is 0 Å². The van der Waals surface area contributed by atoms with Gasteiger partial charge in [-0.3, -0.25) is 9.59 Å². The van der Waals surface area contributed by atoms with Crippen LogP contribution < -0.4 is 4.74 Å². The molecule has 0 aliphatic carbocycles. The Hall–Kier alpha value is -2.06. The Morgan fingerprint density at radius 2 is 1.88 bits per heavy atom. The molecule has 0 radical (unpaired) electrons. The fourth-order valence-corrected chi connectivity index (χ4v) is 5.14. The lowest BCUT2D eigenvalue weighted by molar-refractivity contribution is -0.278. The van der Waals surface area contributed by atoms with Crippen LogP contribution in [0.5, 0.6) is 5.75 Å². The average molecular weight is 467 g/mol. The summed E-state index contributed by atoms with van der Waals surface area (Å²) in [4.78, 5) is 25.6. The van der Waals surface area contributed by atoms with Crippen LogP contribution in [0.4, 0.5) is 0 Å². The van der Waals surface area contributed by atoms with Crippen LogP contribution in [0, 0.1) is 29.6 Å². The summed E-state index contributed by atoms with van der Waals surface area (Å²) in [6, 6.07) is 1.87. The van der Waals surface area contributed by atoms with Gasteiger partial charge in [0.25, 0.3) is 0 Å². The van der Waals surface area contributed by atoms with Crippen molar-refractivity contribution in [3.63, 3.8) is 0 Å². The number of ether oxygens (including phenoxy) is 5. The molecule has 2 fully saturated rings. The van der Waals surface area contributed by atoms with Gasteiger partial charge in [0.2, 0.25) is 0 Å². The molecule has 0 N–H and O–H groups in total. The number of carbonyl (C=O) groups excluding carboxylic acids is 2. The van der Waals surface area contributed by atoms with Gasteiger partial charge in [0.15, 0.2) is 11.5 Å². The molecule has 0 amide bonds. The lowest BCUT2D eigenvalue weighted by Crippen LogP contribution is -2.54. The number of aryl methyl sites for hydroxylation is 2. The molecule has 3 heterocycles. The fourth-order valence-electron chi connectivity index (χ4n) is 5.14. The first-order valence-electron chi connectivity index (χ1n) is 11.6. The Morgan fingerprint density at radius 3 is 2.39 bits per heavy atom. The second kappa shape index (κ2) is 8.95. The van der Waals surface area contributed by atoms with E-state index in [0.29, 0.717) is 11.5 Å². The van der Waals surface area contributed by atoms with Gasteiger partial charge in [-0.2, -0.15) is 0 Å². The van der Waals surface area contributed by atoms with Crippen molar-refractivity contribution in [2.45, 2.75) is 79.8 Å². The first kappa shape index (κ1) is 25.6. The zero-order valence-corrected chi connectivity index (χ0v) is 21.3. The van der Waals surface area contributed by atoms with Gasteiger partial charge in [0.1, 0.15) is 42.4 Å². The maximum Gasteiger partial charge on any atom is 0.318 e. The van der Waals surface area contributed by atoms with E-state index in [1.54, 1.807) is 27.9 Å². The van der Waals surface area contributed by atoms with Crippen LogP contribution in [0.1, 0.15) is 60.0 Å². The largest absolute Gasteiger partial charge is 0.487 e. The first-order chi connectivity index (χ1) is 15.3. The summed E-state index contributed by atoms with van der Waals surface area (Å²) in [5, 5.41) is 0. The molecular weight excluding hydrogens is 428 g/mol. The second-order valence-corrected chi connectivity index (χ2v) is 10.5. The molecule has 0 bridgehead atoms. The van der Waals surface area contributed by atoms with Crippen molar-refractivity contribution >= 4 is 11.9 Å². The van der Waals surface area contributed by atoms with Gasteiger partial charge in [0.05, 0.1) is 11.3 Å². The SMILES string of the molecule is CCc1cc(OC[C@@H]2O[C@](OC)(C(C)C)[C@@]3(C)C(=O)O[C@H](COC(=O)C(C)(C)C)[C@@H]23)c(C)o1. The molecule has 1 aromatic rings. The number of furan rings is 1. The van der Waals surface area contributed by atoms with E-state index < -0.39 is 40.7 Å². The van der Waals surface area contributed by atoms with Crippen molar-refractivity contribution in [3.8, 4) is 5.75 Å². The van der Waals surface area contributed by atoms with Crippen molar-refractivity contribution in [2.24, 2.45) is 22.7 Å². The number of hydrogen-bond acceptors (Lipinski definition) is 8. The van der Waals surface area contributed by atoms with Crippen molar-refractivity contribution in [1.82, 2.24) is 0 Å². The van der Waals surface area contributed by atoms with E-state index in [-0.39, 0.29) is 25.1 Å². The zero-order valence-electron chi connectivity index (χ0n) is 21.3. The van der Waals surface area contributed by atoms with Crippen LogP contribution in [0.25, 0.3) is 0 Å². The second-order valence-electron chi connectivity index (χ2n) is 10.5. The van der Waals surface area contributed by atoms with Crippen molar-refractivity contribution in [2.75, 3.05) is 20.3 Å². The summed E-state index contributed by atoms with van der Waals surface area (Å²) in [5.74, 6) is -0.410. The molecule has 3 rings (SSSR count). The predicted octanol–water partition coefficient (Wildman–Crippen LogP) is 4.06. The highest BCUT2D eigenvalue weighted by Crippen LogP contribution is 2.60. The van der Waals surface area contributed by atoms with Crippen molar-refractivity contribution in [1.29, 1.82) is 0 Å². The summed E-state index contributed by atoms with van der Waals surface area (Å²) < 4.78 is 35.5. The number of fused-ring (bicyclic) bond motifs is 1. The number of cyclic esters (lactones) is 1. The van der Waals surface area contributed by atoms with E-state index in [0.717, 1.165) is 12.2 Å². The summed E-state index contributed by atoms with van der Waals surface area (Å²) in [6.45, 7) is 15.0. The van der Waals surface area contributed by atoms with Crippen LogP contribution in [0.3, 0.4) is 0 Å². The molecule has 2 aliphatic heterocycles. The summed E-state index contributed by atoms with van der Waals surface area (Å²) in [5.41, 5.74) is -1.76. The minimum Gasteiger partial charge on any atom is -0.487 e. The highest BCUT2D eigenvalue weighted by molar-refractivity contribution is 5.82. The van der Waals surface area contributed by atoms with Crippen LogP contribution in [-0.2, 0) is 35.0 Å². The lowest BCUT2D eigenvalue weighted by atomic mass is 9.67. The Balaban J connectivity index is 1.90. The molecule has 8 heteroatoms. The summed E-state index contributed by atoms with van der Waals surface area (Å²) in [6.07, 6.45) is -0.439. The molecule has 33 heavy (non-hydrogen) atoms. The Labute approximate surface area is 196 Å². The Kier molecular flexibility index (Phi) is 6.93. The molecule has 5 atom stereocenters. The molecule has 1 aromatic heterocycles. The molecule has 186 valence electrons. The zero-order chi connectivity index (χ0) is 24.8. The Morgan fingerprint density at radius 1 is 1.21 bits per heavy atom. The molecule has 2 aliphatic rings. The number of esters is 2. The van der Waals surface area contributed by atoms with Gasteiger partial charge in [-0.1, -0.05) is 20.8 Å². The molecule has 0 unspecified atom stereocenters. The highest BCUT2D eigenvalue weighted by atomic mass is 16.7. The molecule has 0 saturated carbocycles. The Bertz CT molecular complexity index is 881. The third kappa shape index (κ3) is 4.16. The molecule has 0 aromatic carbocycles. The highest BCUT2D eigenvalue weighted by Gasteiger charge is 2.75. The number of rotatable bonds is 8.